The smallest absolute Gasteiger partial charge is 0.240 e. The Morgan fingerprint density at radius 3 is 2.53 bits per heavy atom. The van der Waals surface area contributed by atoms with Crippen molar-refractivity contribution in [3.05, 3.63) is 101 Å². The zero-order chi connectivity index (χ0) is 26.2. The van der Waals surface area contributed by atoms with Gasteiger partial charge in [-0.2, -0.15) is 5.10 Å². The SMILES string of the molecule is O=C(CN1C(=O)CSC(c2cccc(Cl)c2)c2c(-c3ccccc3)nn(-c3ccc(F)cc3)c21)NC1CC1. The maximum atomic E-state index is 13.9. The number of nitrogens with zero attached hydrogens (tertiary/aromatic N) is 3. The molecule has 0 spiro atoms. The number of carbonyl (C=O) groups excluding carboxylic acids is 2. The van der Waals surface area contributed by atoms with Gasteiger partial charge < -0.3 is 5.32 Å². The minimum atomic E-state index is -0.376. The van der Waals surface area contributed by atoms with Gasteiger partial charge in [-0.3, -0.25) is 14.5 Å². The zero-order valence-corrected chi connectivity index (χ0v) is 21.9. The van der Waals surface area contributed by atoms with E-state index in [9.17, 15) is 14.0 Å². The van der Waals surface area contributed by atoms with E-state index in [1.807, 2.05) is 54.6 Å². The molecular formula is C29H24ClFN4O2S. The number of anilines is 1. The molecule has 1 N–H and O–H groups in total. The number of thioether (sulfide) groups is 1. The molecule has 1 atom stereocenters. The molecule has 3 aromatic carbocycles. The van der Waals surface area contributed by atoms with Gasteiger partial charge in [0, 0.05) is 22.2 Å². The van der Waals surface area contributed by atoms with Gasteiger partial charge in [-0.1, -0.05) is 54.1 Å². The predicted molar refractivity (Wildman–Crippen MR) is 148 cm³/mol. The van der Waals surface area contributed by atoms with Crippen molar-refractivity contribution < 1.29 is 14.0 Å². The third kappa shape index (κ3) is 4.93. The van der Waals surface area contributed by atoms with Crippen molar-refractivity contribution >= 4 is 41.0 Å². The Morgan fingerprint density at radius 2 is 1.82 bits per heavy atom. The molecule has 1 fully saturated rings. The van der Waals surface area contributed by atoms with E-state index in [0.717, 1.165) is 29.5 Å². The number of amides is 2. The predicted octanol–water partition coefficient (Wildman–Crippen LogP) is 5.78. The van der Waals surface area contributed by atoms with Crippen LogP contribution in [0.1, 0.15) is 29.2 Å². The molecular weight excluding hydrogens is 523 g/mol. The number of fused-ring (bicyclic) bond motifs is 1. The second kappa shape index (κ2) is 10.3. The van der Waals surface area contributed by atoms with Crippen molar-refractivity contribution in [2.24, 2.45) is 0 Å². The fraction of sp³-hybridized carbons (Fsp3) is 0.207. The number of carbonyl (C=O) groups is 2. The van der Waals surface area contributed by atoms with Crippen molar-refractivity contribution in [1.29, 1.82) is 0 Å². The zero-order valence-electron chi connectivity index (χ0n) is 20.3. The van der Waals surface area contributed by atoms with Crippen molar-refractivity contribution in [3.8, 4) is 16.9 Å². The topological polar surface area (TPSA) is 67.2 Å². The van der Waals surface area contributed by atoms with Crippen LogP contribution in [0, 0.1) is 5.82 Å². The van der Waals surface area contributed by atoms with Crippen LogP contribution in [-0.2, 0) is 9.59 Å². The van der Waals surface area contributed by atoms with E-state index in [2.05, 4.69) is 5.32 Å². The number of hydrogen-bond acceptors (Lipinski definition) is 4. The Balaban J connectivity index is 1.60. The Bertz CT molecular complexity index is 1510. The average Bonchev–Trinajstić information content (AvgIpc) is 3.67. The van der Waals surface area contributed by atoms with Crippen LogP contribution in [0.3, 0.4) is 0 Å². The second-order valence-electron chi connectivity index (χ2n) is 9.41. The van der Waals surface area contributed by atoms with Crippen molar-refractivity contribution in [2.45, 2.75) is 24.1 Å². The summed E-state index contributed by atoms with van der Waals surface area (Å²) in [4.78, 5) is 28.1. The lowest BCUT2D eigenvalue weighted by atomic mass is 9.99. The summed E-state index contributed by atoms with van der Waals surface area (Å²) < 4.78 is 15.5. The molecule has 6 nitrogen and oxygen atoms in total. The van der Waals surface area contributed by atoms with Gasteiger partial charge in [0.15, 0.2) is 0 Å². The van der Waals surface area contributed by atoms with Crippen LogP contribution in [0.5, 0.6) is 0 Å². The summed E-state index contributed by atoms with van der Waals surface area (Å²) in [7, 11) is 0. The first-order valence-electron chi connectivity index (χ1n) is 12.4. The molecule has 0 radical (unpaired) electrons. The van der Waals surface area contributed by atoms with Gasteiger partial charge in [0.05, 0.1) is 22.4 Å². The Morgan fingerprint density at radius 1 is 1.05 bits per heavy atom. The van der Waals surface area contributed by atoms with Gasteiger partial charge >= 0.3 is 0 Å². The monoisotopic (exact) mass is 546 g/mol. The maximum Gasteiger partial charge on any atom is 0.240 e. The van der Waals surface area contributed by atoms with Gasteiger partial charge in [0.1, 0.15) is 18.2 Å². The summed E-state index contributed by atoms with van der Waals surface area (Å²) in [5.74, 6) is -0.123. The number of hydrogen-bond donors (Lipinski definition) is 1. The summed E-state index contributed by atoms with van der Waals surface area (Å²) in [6.45, 7) is -0.133. The van der Waals surface area contributed by atoms with Crippen LogP contribution in [0.25, 0.3) is 16.9 Å². The molecule has 1 aliphatic carbocycles. The summed E-state index contributed by atoms with van der Waals surface area (Å²) in [6.07, 6.45) is 1.90. The normalized spacial score (nSPS) is 17.2. The van der Waals surface area contributed by atoms with E-state index < -0.39 is 0 Å². The summed E-state index contributed by atoms with van der Waals surface area (Å²) in [6, 6.07) is 23.4. The van der Waals surface area contributed by atoms with Crippen LogP contribution in [0.4, 0.5) is 10.2 Å². The molecule has 1 unspecified atom stereocenters. The highest BCUT2D eigenvalue weighted by atomic mass is 35.5. The molecule has 1 saturated carbocycles. The van der Waals surface area contributed by atoms with Crippen molar-refractivity contribution in [3.63, 3.8) is 0 Å². The lowest BCUT2D eigenvalue weighted by Crippen LogP contribution is -2.43. The van der Waals surface area contributed by atoms with E-state index in [1.54, 1.807) is 16.8 Å². The minimum absolute atomic E-state index is 0.133. The molecule has 192 valence electrons. The molecule has 0 saturated heterocycles. The number of rotatable bonds is 6. The third-order valence-corrected chi connectivity index (χ3v) is 8.09. The standard InChI is InChI=1S/C29H24ClFN4O2S/c30-20-8-4-7-19(15-20)28-26-27(18-5-2-1-3-6-18)33-35(23-13-9-21(31)10-14-23)29(26)34(25(37)17-38-28)16-24(36)32-22-11-12-22/h1-10,13-15,22,28H,11-12,16-17H2,(H,32,36). The average molecular weight is 547 g/mol. The highest BCUT2D eigenvalue weighted by Crippen LogP contribution is 2.48. The Hall–Kier alpha value is -3.62. The fourth-order valence-electron chi connectivity index (χ4n) is 4.67. The van der Waals surface area contributed by atoms with Crippen LogP contribution in [0.15, 0.2) is 78.9 Å². The van der Waals surface area contributed by atoms with E-state index in [4.69, 9.17) is 16.7 Å². The first-order chi connectivity index (χ1) is 18.5. The molecule has 1 aromatic heterocycles. The highest BCUT2D eigenvalue weighted by Gasteiger charge is 2.38. The molecule has 2 aliphatic rings. The largest absolute Gasteiger partial charge is 0.352 e. The van der Waals surface area contributed by atoms with Gasteiger partial charge in [-0.05, 0) is 54.8 Å². The van der Waals surface area contributed by atoms with Gasteiger partial charge in [0.2, 0.25) is 11.8 Å². The number of aromatic nitrogens is 2. The Kier molecular flexibility index (Phi) is 6.68. The maximum absolute atomic E-state index is 13.9. The number of benzene rings is 3. The van der Waals surface area contributed by atoms with E-state index in [0.29, 0.717) is 22.2 Å². The lowest BCUT2D eigenvalue weighted by molar-refractivity contribution is -0.123. The van der Waals surface area contributed by atoms with Crippen molar-refractivity contribution in [1.82, 2.24) is 15.1 Å². The third-order valence-electron chi connectivity index (χ3n) is 6.60. The van der Waals surface area contributed by atoms with Crippen LogP contribution in [-0.4, -0.2) is 39.9 Å². The summed E-state index contributed by atoms with van der Waals surface area (Å²) in [5, 5.41) is 8.29. The van der Waals surface area contributed by atoms with Crippen molar-refractivity contribution in [2.75, 3.05) is 17.2 Å². The quantitative estimate of drug-likeness (QED) is 0.333. The van der Waals surface area contributed by atoms with Gasteiger partial charge in [-0.25, -0.2) is 9.07 Å². The van der Waals surface area contributed by atoms with Crippen LogP contribution in [0.2, 0.25) is 5.02 Å². The first-order valence-corrected chi connectivity index (χ1v) is 13.8. The molecule has 38 heavy (non-hydrogen) atoms. The highest BCUT2D eigenvalue weighted by molar-refractivity contribution is 8.00. The molecule has 1 aliphatic heterocycles. The lowest BCUT2D eigenvalue weighted by Gasteiger charge is -2.23. The summed E-state index contributed by atoms with van der Waals surface area (Å²) in [5.41, 5.74) is 3.87. The number of nitrogens with one attached hydrogen (secondary N) is 1. The second-order valence-corrected chi connectivity index (χ2v) is 10.9. The van der Waals surface area contributed by atoms with Gasteiger partial charge in [0.25, 0.3) is 0 Å². The van der Waals surface area contributed by atoms with E-state index >= 15 is 0 Å². The van der Waals surface area contributed by atoms with E-state index in [-0.39, 0.29) is 41.2 Å². The fourth-order valence-corrected chi connectivity index (χ4v) is 6.05. The van der Waals surface area contributed by atoms with Gasteiger partial charge in [-0.15, -0.1) is 11.8 Å². The van der Waals surface area contributed by atoms with Crippen LogP contribution >= 0.6 is 23.4 Å². The molecule has 2 amide bonds. The minimum Gasteiger partial charge on any atom is -0.352 e. The molecule has 9 heteroatoms. The molecule has 6 rings (SSSR count). The Labute approximate surface area is 228 Å². The first kappa shape index (κ1) is 24.7. The number of halogens is 2. The molecule has 4 aromatic rings. The molecule has 0 bridgehead atoms. The van der Waals surface area contributed by atoms with Crippen LogP contribution < -0.4 is 10.2 Å². The summed E-state index contributed by atoms with van der Waals surface area (Å²) >= 11 is 7.87. The molecule has 2 heterocycles. The van der Waals surface area contributed by atoms with E-state index in [1.165, 1.54) is 28.8 Å².